The van der Waals surface area contributed by atoms with Crippen LogP contribution in [0.1, 0.15) is 73.1 Å². The Morgan fingerprint density at radius 3 is 2.06 bits per heavy atom. The number of Topliss-reactive ketones (excluding diaryl/α,β-unsaturated/α-hetero) is 1. The van der Waals surface area contributed by atoms with Gasteiger partial charge in [0, 0.05) is 12.3 Å². The summed E-state index contributed by atoms with van der Waals surface area (Å²) in [6.07, 6.45) is 6.65. The lowest BCUT2D eigenvalue weighted by molar-refractivity contribution is -0.124. The molecule has 1 heteroatoms. The summed E-state index contributed by atoms with van der Waals surface area (Å²) >= 11 is 0. The molecule has 0 saturated heterocycles. The average molecular weight is 238 g/mol. The molecule has 0 amide bonds. The van der Waals surface area contributed by atoms with E-state index in [9.17, 15) is 4.79 Å². The minimum atomic E-state index is 0.296. The molecule has 0 bridgehead atoms. The molecular weight excluding hydrogens is 208 g/mol. The van der Waals surface area contributed by atoms with Gasteiger partial charge in [-0.2, -0.15) is 0 Å². The van der Waals surface area contributed by atoms with Crippen LogP contribution in [0.25, 0.3) is 0 Å². The average Bonchev–Trinajstić information content (AvgIpc) is 2.25. The lowest BCUT2D eigenvalue weighted by atomic mass is 9.74. The van der Waals surface area contributed by atoms with Gasteiger partial charge in [-0.3, -0.25) is 4.79 Å². The van der Waals surface area contributed by atoms with Crippen molar-refractivity contribution in [2.45, 2.75) is 73.1 Å². The molecule has 1 saturated carbocycles. The fourth-order valence-electron chi connectivity index (χ4n) is 2.81. The molecule has 1 rings (SSSR count). The summed E-state index contributed by atoms with van der Waals surface area (Å²) in [6.45, 7) is 11.3. The Kier molecular flexibility index (Phi) is 5.22. The largest absolute Gasteiger partial charge is 0.299 e. The van der Waals surface area contributed by atoms with E-state index in [1.54, 1.807) is 0 Å². The van der Waals surface area contributed by atoms with Crippen molar-refractivity contribution in [1.82, 2.24) is 0 Å². The van der Waals surface area contributed by atoms with Crippen LogP contribution in [0.15, 0.2) is 0 Å². The molecule has 0 heterocycles. The first-order chi connectivity index (χ1) is 7.79. The van der Waals surface area contributed by atoms with E-state index in [1.807, 2.05) is 0 Å². The van der Waals surface area contributed by atoms with Crippen LogP contribution in [0, 0.1) is 23.2 Å². The van der Waals surface area contributed by atoms with E-state index >= 15 is 0 Å². The minimum absolute atomic E-state index is 0.296. The molecule has 0 radical (unpaired) electrons. The van der Waals surface area contributed by atoms with Crippen molar-refractivity contribution < 1.29 is 4.79 Å². The molecule has 1 nitrogen and oxygen atoms in total. The Balaban J connectivity index is 2.31. The second-order valence-electron chi connectivity index (χ2n) is 7.38. The first-order valence-corrected chi connectivity index (χ1v) is 7.32. The lowest BCUT2D eigenvalue weighted by Crippen LogP contribution is -2.24. The third-order valence-corrected chi connectivity index (χ3v) is 4.29. The Labute approximate surface area is 107 Å². The van der Waals surface area contributed by atoms with Gasteiger partial charge < -0.3 is 0 Å². The van der Waals surface area contributed by atoms with Gasteiger partial charge in [0.25, 0.3) is 0 Å². The number of carbonyl (C=O) groups excluding carboxylic acids is 1. The van der Waals surface area contributed by atoms with E-state index in [1.165, 1.54) is 12.8 Å². The van der Waals surface area contributed by atoms with E-state index < -0.39 is 0 Å². The molecule has 17 heavy (non-hydrogen) atoms. The number of ketones is 1. The highest BCUT2D eigenvalue weighted by molar-refractivity contribution is 5.81. The van der Waals surface area contributed by atoms with Crippen molar-refractivity contribution in [2.24, 2.45) is 23.2 Å². The Morgan fingerprint density at radius 1 is 1.12 bits per heavy atom. The molecular formula is C16H30O. The maximum absolute atomic E-state index is 12.1. The summed E-state index contributed by atoms with van der Waals surface area (Å²) in [5.41, 5.74) is 0.296. The molecule has 0 aromatic rings. The zero-order chi connectivity index (χ0) is 13.1. The van der Waals surface area contributed by atoms with Crippen molar-refractivity contribution in [1.29, 1.82) is 0 Å². The van der Waals surface area contributed by atoms with Crippen LogP contribution in [-0.4, -0.2) is 5.78 Å². The molecule has 1 aliphatic carbocycles. The Bertz CT molecular complexity index is 239. The molecule has 0 unspecified atom stereocenters. The van der Waals surface area contributed by atoms with Crippen LogP contribution < -0.4 is 0 Å². The number of hydrogen-bond donors (Lipinski definition) is 0. The molecule has 0 aromatic carbocycles. The normalized spacial score (nSPS) is 26.2. The molecule has 1 aliphatic rings. The van der Waals surface area contributed by atoms with Gasteiger partial charge in [-0.1, -0.05) is 34.6 Å². The highest BCUT2D eigenvalue weighted by Gasteiger charge is 2.27. The molecule has 0 aromatic heterocycles. The zero-order valence-electron chi connectivity index (χ0n) is 12.4. The smallest absolute Gasteiger partial charge is 0.135 e. The van der Waals surface area contributed by atoms with Crippen molar-refractivity contribution in [3.8, 4) is 0 Å². The fourth-order valence-corrected chi connectivity index (χ4v) is 2.81. The maximum Gasteiger partial charge on any atom is 0.135 e. The number of hydrogen-bond acceptors (Lipinski definition) is 1. The second-order valence-corrected chi connectivity index (χ2v) is 7.38. The van der Waals surface area contributed by atoms with Crippen LogP contribution in [0.2, 0.25) is 0 Å². The van der Waals surface area contributed by atoms with Gasteiger partial charge >= 0.3 is 0 Å². The first kappa shape index (κ1) is 14.7. The number of rotatable bonds is 4. The van der Waals surface area contributed by atoms with Crippen molar-refractivity contribution in [2.75, 3.05) is 0 Å². The minimum Gasteiger partial charge on any atom is -0.299 e. The van der Waals surface area contributed by atoms with Gasteiger partial charge in [-0.25, -0.2) is 0 Å². The molecule has 0 atom stereocenters. The molecule has 1 fully saturated rings. The van der Waals surface area contributed by atoms with E-state index in [0.29, 0.717) is 17.1 Å². The number of carbonyl (C=O) groups is 1. The van der Waals surface area contributed by atoms with E-state index in [2.05, 4.69) is 34.6 Å². The van der Waals surface area contributed by atoms with Crippen molar-refractivity contribution in [3.63, 3.8) is 0 Å². The van der Waals surface area contributed by atoms with E-state index in [4.69, 9.17) is 0 Å². The maximum atomic E-state index is 12.1. The topological polar surface area (TPSA) is 17.1 Å². The molecule has 0 spiro atoms. The predicted octanol–water partition coefficient (Wildman–Crippen LogP) is 4.84. The second kappa shape index (κ2) is 6.02. The fraction of sp³-hybridized carbons (Fsp3) is 0.938. The monoisotopic (exact) mass is 238 g/mol. The third-order valence-electron chi connectivity index (χ3n) is 4.29. The van der Waals surface area contributed by atoms with Crippen LogP contribution in [0.4, 0.5) is 0 Å². The van der Waals surface area contributed by atoms with Crippen LogP contribution >= 0.6 is 0 Å². The van der Waals surface area contributed by atoms with Crippen molar-refractivity contribution >= 4 is 5.78 Å². The highest BCUT2D eigenvalue weighted by Crippen LogP contribution is 2.34. The van der Waals surface area contributed by atoms with Crippen molar-refractivity contribution in [3.05, 3.63) is 0 Å². The summed E-state index contributed by atoms with van der Waals surface area (Å²) in [7, 11) is 0. The van der Waals surface area contributed by atoms with Gasteiger partial charge in [0.2, 0.25) is 0 Å². The standard InChI is InChI=1S/C16H30O/c1-12(2)13-6-8-14(9-7-13)15(17)10-11-16(3,4)5/h12-14H,6-11H2,1-5H3. The third kappa shape index (κ3) is 5.23. The predicted molar refractivity (Wildman–Crippen MR) is 74.0 cm³/mol. The molecule has 0 aliphatic heterocycles. The van der Waals surface area contributed by atoms with Gasteiger partial charge in [0.15, 0.2) is 0 Å². The molecule has 0 N–H and O–H groups in total. The summed E-state index contributed by atoms with van der Waals surface area (Å²) in [5, 5.41) is 0. The van der Waals surface area contributed by atoms with Crippen LogP contribution in [0.5, 0.6) is 0 Å². The Hall–Kier alpha value is -0.330. The summed E-state index contributed by atoms with van der Waals surface area (Å²) < 4.78 is 0. The lowest BCUT2D eigenvalue weighted by Gasteiger charge is -2.30. The van der Waals surface area contributed by atoms with E-state index in [-0.39, 0.29) is 0 Å². The van der Waals surface area contributed by atoms with Gasteiger partial charge in [-0.05, 0) is 49.4 Å². The highest BCUT2D eigenvalue weighted by atomic mass is 16.1. The SMILES string of the molecule is CC(C)C1CCC(C(=O)CCC(C)(C)C)CC1. The quantitative estimate of drug-likeness (QED) is 0.684. The van der Waals surface area contributed by atoms with Gasteiger partial charge in [0.1, 0.15) is 5.78 Å². The van der Waals surface area contributed by atoms with Gasteiger partial charge in [0.05, 0.1) is 0 Å². The van der Waals surface area contributed by atoms with Crippen LogP contribution in [-0.2, 0) is 4.79 Å². The van der Waals surface area contributed by atoms with Gasteiger partial charge in [-0.15, -0.1) is 0 Å². The van der Waals surface area contributed by atoms with Crippen LogP contribution in [0.3, 0.4) is 0 Å². The summed E-state index contributed by atoms with van der Waals surface area (Å²) in [5.74, 6) is 2.57. The first-order valence-electron chi connectivity index (χ1n) is 7.32. The summed E-state index contributed by atoms with van der Waals surface area (Å²) in [6, 6.07) is 0. The molecule has 100 valence electrons. The van der Waals surface area contributed by atoms with E-state index in [0.717, 1.165) is 37.5 Å². The Morgan fingerprint density at radius 2 is 1.65 bits per heavy atom. The zero-order valence-corrected chi connectivity index (χ0v) is 12.4. The summed E-state index contributed by atoms with van der Waals surface area (Å²) in [4.78, 5) is 12.1.